The molecule has 0 aliphatic carbocycles. The number of anilines is 1. The van der Waals surface area contributed by atoms with Crippen molar-refractivity contribution in [1.82, 2.24) is 0 Å². The van der Waals surface area contributed by atoms with E-state index in [0.717, 1.165) is 16.7 Å². The Morgan fingerprint density at radius 2 is 1.90 bits per heavy atom. The minimum absolute atomic E-state index is 0.156. The minimum atomic E-state index is -0.545. The van der Waals surface area contributed by atoms with Crippen LogP contribution < -0.4 is 5.32 Å². The first-order valence-corrected chi connectivity index (χ1v) is 6.34. The fraction of sp³-hybridized carbons (Fsp3) is 0.188. The SMILES string of the molecule is Cc1cc(NC(=O)OCc2ccccc2)cc(O)c1C. The summed E-state index contributed by atoms with van der Waals surface area (Å²) >= 11 is 0. The van der Waals surface area contributed by atoms with Gasteiger partial charge >= 0.3 is 6.09 Å². The number of aromatic hydroxyl groups is 1. The predicted molar refractivity (Wildman–Crippen MR) is 77.8 cm³/mol. The Morgan fingerprint density at radius 3 is 2.55 bits per heavy atom. The molecule has 1 amide bonds. The van der Waals surface area contributed by atoms with E-state index in [1.807, 2.05) is 44.2 Å². The largest absolute Gasteiger partial charge is 0.508 e. The van der Waals surface area contributed by atoms with Crippen molar-refractivity contribution < 1.29 is 14.6 Å². The average molecular weight is 271 g/mol. The summed E-state index contributed by atoms with van der Waals surface area (Å²) in [6.45, 7) is 3.90. The molecule has 0 aliphatic heterocycles. The number of hydrogen-bond acceptors (Lipinski definition) is 3. The summed E-state index contributed by atoms with van der Waals surface area (Å²) in [5.74, 6) is 0.156. The van der Waals surface area contributed by atoms with Crippen LogP contribution in [0.25, 0.3) is 0 Å². The van der Waals surface area contributed by atoms with Gasteiger partial charge < -0.3 is 9.84 Å². The number of amides is 1. The van der Waals surface area contributed by atoms with E-state index in [0.29, 0.717) is 5.69 Å². The van der Waals surface area contributed by atoms with Crippen LogP contribution in [0.1, 0.15) is 16.7 Å². The van der Waals surface area contributed by atoms with Gasteiger partial charge in [-0.1, -0.05) is 30.3 Å². The number of phenolic OH excluding ortho intramolecular Hbond substituents is 1. The normalized spacial score (nSPS) is 10.1. The first-order chi connectivity index (χ1) is 9.56. The van der Waals surface area contributed by atoms with Gasteiger partial charge in [0, 0.05) is 11.8 Å². The zero-order valence-electron chi connectivity index (χ0n) is 11.5. The molecule has 0 bridgehead atoms. The Balaban J connectivity index is 1.95. The van der Waals surface area contributed by atoms with Crippen molar-refractivity contribution in [2.75, 3.05) is 5.32 Å². The molecule has 4 nitrogen and oxygen atoms in total. The molecule has 20 heavy (non-hydrogen) atoms. The van der Waals surface area contributed by atoms with Gasteiger partial charge in [0.15, 0.2) is 0 Å². The molecule has 2 aromatic carbocycles. The molecule has 2 N–H and O–H groups in total. The summed E-state index contributed by atoms with van der Waals surface area (Å²) in [5.41, 5.74) is 3.14. The Labute approximate surface area is 118 Å². The summed E-state index contributed by atoms with van der Waals surface area (Å²) < 4.78 is 5.11. The number of aryl methyl sites for hydroxylation is 1. The molecule has 4 heteroatoms. The van der Waals surface area contributed by atoms with Crippen LogP contribution in [0.3, 0.4) is 0 Å². The highest BCUT2D eigenvalue weighted by Crippen LogP contribution is 2.25. The highest BCUT2D eigenvalue weighted by Gasteiger charge is 2.07. The second kappa shape index (κ2) is 6.10. The lowest BCUT2D eigenvalue weighted by Gasteiger charge is -2.10. The van der Waals surface area contributed by atoms with Gasteiger partial charge in [0.05, 0.1) is 0 Å². The van der Waals surface area contributed by atoms with Gasteiger partial charge in [-0.25, -0.2) is 4.79 Å². The third-order valence-electron chi connectivity index (χ3n) is 3.10. The molecule has 0 saturated carbocycles. The smallest absolute Gasteiger partial charge is 0.411 e. The van der Waals surface area contributed by atoms with E-state index in [1.165, 1.54) is 6.07 Å². The molecule has 0 radical (unpaired) electrons. The number of rotatable bonds is 3. The molecule has 0 aromatic heterocycles. The van der Waals surface area contributed by atoms with Crippen molar-refractivity contribution in [3.63, 3.8) is 0 Å². The van der Waals surface area contributed by atoms with Gasteiger partial charge in [0.25, 0.3) is 0 Å². The molecule has 0 aliphatic rings. The fourth-order valence-electron chi connectivity index (χ4n) is 1.79. The second-order valence-electron chi connectivity index (χ2n) is 4.62. The van der Waals surface area contributed by atoms with E-state index < -0.39 is 6.09 Å². The summed E-state index contributed by atoms with van der Waals surface area (Å²) in [4.78, 5) is 11.7. The Morgan fingerprint density at radius 1 is 1.20 bits per heavy atom. The van der Waals surface area contributed by atoms with Crippen LogP contribution in [0, 0.1) is 13.8 Å². The lowest BCUT2D eigenvalue weighted by molar-refractivity contribution is 0.155. The lowest BCUT2D eigenvalue weighted by atomic mass is 10.1. The van der Waals surface area contributed by atoms with Gasteiger partial charge in [-0.05, 0) is 36.6 Å². The van der Waals surface area contributed by atoms with Crippen LogP contribution in [-0.2, 0) is 11.3 Å². The number of carbonyl (C=O) groups excluding carboxylic acids is 1. The Kier molecular flexibility index (Phi) is 4.25. The Hall–Kier alpha value is -2.49. The standard InChI is InChI=1S/C16H17NO3/c1-11-8-14(9-15(18)12(11)2)17-16(19)20-10-13-6-4-3-5-7-13/h3-9,18H,10H2,1-2H3,(H,17,19). The molecule has 2 rings (SSSR count). The molecule has 0 spiro atoms. The average Bonchev–Trinajstić information content (AvgIpc) is 2.43. The second-order valence-corrected chi connectivity index (χ2v) is 4.62. The van der Waals surface area contributed by atoms with Crippen molar-refractivity contribution in [2.24, 2.45) is 0 Å². The first-order valence-electron chi connectivity index (χ1n) is 6.34. The van der Waals surface area contributed by atoms with Crippen LogP contribution in [0.2, 0.25) is 0 Å². The Bertz CT molecular complexity index is 585. The van der Waals surface area contributed by atoms with Gasteiger partial charge in [-0.15, -0.1) is 0 Å². The summed E-state index contributed by atoms with van der Waals surface area (Å²) in [6, 6.07) is 12.7. The summed E-state index contributed by atoms with van der Waals surface area (Å²) in [7, 11) is 0. The van der Waals surface area contributed by atoms with E-state index in [4.69, 9.17) is 4.74 Å². The molecular weight excluding hydrogens is 254 g/mol. The molecule has 0 heterocycles. The predicted octanol–water partition coefficient (Wildman–Crippen LogP) is 3.76. The van der Waals surface area contributed by atoms with Crippen molar-refractivity contribution in [3.8, 4) is 5.75 Å². The van der Waals surface area contributed by atoms with Crippen molar-refractivity contribution in [2.45, 2.75) is 20.5 Å². The van der Waals surface area contributed by atoms with Crippen LogP contribution in [0.5, 0.6) is 5.75 Å². The number of ether oxygens (including phenoxy) is 1. The molecule has 2 aromatic rings. The van der Waals surface area contributed by atoms with E-state index >= 15 is 0 Å². The maximum atomic E-state index is 11.7. The van der Waals surface area contributed by atoms with Crippen LogP contribution in [0.4, 0.5) is 10.5 Å². The van der Waals surface area contributed by atoms with Crippen molar-refractivity contribution in [1.29, 1.82) is 0 Å². The molecule has 104 valence electrons. The molecule has 0 fully saturated rings. The number of hydrogen-bond donors (Lipinski definition) is 2. The van der Waals surface area contributed by atoms with E-state index in [1.54, 1.807) is 6.07 Å². The van der Waals surface area contributed by atoms with E-state index in [-0.39, 0.29) is 12.4 Å². The molecule has 0 unspecified atom stereocenters. The maximum absolute atomic E-state index is 11.7. The van der Waals surface area contributed by atoms with Crippen molar-refractivity contribution >= 4 is 11.8 Å². The highest BCUT2D eigenvalue weighted by atomic mass is 16.5. The van der Waals surface area contributed by atoms with Gasteiger partial charge in [0.2, 0.25) is 0 Å². The number of carbonyl (C=O) groups is 1. The van der Waals surface area contributed by atoms with Crippen LogP contribution in [0.15, 0.2) is 42.5 Å². The van der Waals surface area contributed by atoms with Gasteiger partial charge in [-0.3, -0.25) is 5.32 Å². The summed E-state index contributed by atoms with van der Waals surface area (Å²) in [5, 5.41) is 12.3. The zero-order chi connectivity index (χ0) is 14.5. The van der Waals surface area contributed by atoms with Gasteiger partial charge in [-0.2, -0.15) is 0 Å². The molecule has 0 saturated heterocycles. The van der Waals surface area contributed by atoms with Gasteiger partial charge in [0.1, 0.15) is 12.4 Å². The topological polar surface area (TPSA) is 58.6 Å². The van der Waals surface area contributed by atoms with Crippen molar-refractivity contribution in [3.05, 3.63) is 59.2 Å². The number of phenols is 1. The zero-order valence-corrected chi connectivity index (χ0v) is 11.5. The number of nitrogens with one attached hydrogen (secondary N) is 1. The monoisotopic (exact) mass is 271 g/mol. The maximum Gasteiger partial charge on any atom is 0.411 e. The van der Waals surface area contributed by atoms with Crippen LogP contribution in [-0.4, -0.2) is 11.2 Å². The third kappa shape index (κ3) is 3.51. The highest BCUT2D eigenvalue weighted by molar-refractivity contribution is 5.85. The lowest BCUT2D eigenvalue weighted by Crippen LogP contribution is -2.13. The summed E-state index contributed by atoms with van der Waals surface area (Å²) in [6.07, 6.45) is -0.545. The van der Waals surface area contributed by atoms with E-state index in [9.17, 15) is 9.90 Å². The van der Waals surface area contributed by atoms with Crippen LogP contribution >= 0.6 is 0 Å². The van der Waals surface area contributed by atoms with E-state index in [2.05, 4.69) is 5.32 Å². The number of benzene rings is 2. The molecular formula is C16H17NO3. The quantitative estimate of drug-likeness (QED) is 0.893. The molecule has 0 atom stereocenters. The fourth-order valence-corrected chi connectivity index (χ4v) is 1.79. The minimum Gasteiger partial charge on any atom is -0.508 e. The first kappa shape index (κ1) is 13.9. The third-order valence-corrected chi connectivity index (χ3v) is 3.10.